The number of anilines is 1. The largest absolute Gasteiger partial charge is 0.320 e. The highest BCUT2D eigenvalue weighted by Gasteiger charge is 2.08. The molecule has 0 radical (unpaired) electrons. The van der Waals surface area contributed by atoms with E-state index in [-0.39, 0.29) is 18.3 Å². The summed E-state index contributed by atoms with van der Waals surface area (Å²) in [5, 5.41) is 3.21. The lowest BCUT2D eigenvalue weighted by molar-refractivity contribution is -0.117. The first kappa shape index (κ1) is 12.3. The Labute approximate surface area is 87.0 Å². The van der Waals surface area contributed by atoms with Crippen LogP contribution >= 0.6 is 23.7 Å². The molecule has 6 heteroatoms. The fraction of sp³-hybridized carbons (Fsp3) is 0.429. The average Bonchev–Trinajstić information content (AvgIpc) is 2.35. The van der Waals surface area contributed by atoms with E-state index in [0.717, 1.165) is 4.88 Å². The lowest BCUT2D eigenvalue weighted by Crippen LogP contribution is -2.32. The van der Waals surface area contributed by atoms with Crippen LogP contribution in [-0.4, -0.2) is 16.9 Å². The van der Waals surface area contributed by atoms with Gasteiger partial charge in [-0.15, -0.1) is 23.7 Å². The number of nitrogens with one attached hydrogen (secondary N) is 1. The topological polar surface area (TPSA) is 68.0 Å². The number of hydrogen-bond donors (Lipinski definition) is 2. The van der Waals surface area contributed by atoms with Gasteiger partial charge < -0.3 is 11.1 Å². The maximum absolute atomic E-state index is 11.1. The highest BCUT2D eigenvalue weighted by atomic mass is 35.5. The van der Waals surface area contributed by atoms with E-state index < -0.39 is 6.04 Å². The van der Waals surface area contributed by atoms with Crippen LogP contribution in [0.3, 0.4) is 0 Å². The molecule has 0 bridgehead atoms. The van der Waals surface area contributed by atoms with Crippen molar-refractivity contribution in [1.82, 2.24) is 4.98 Å². The Morgan fingerprint density at radius 1 is 1.77 bits per heavy atom. The Balaban J connectivity index is 0.00000144. The zero-order valence-electron chi connectivity index (χ0n) is 7.40. The minimum absolute atomic E-state index is 0. The van der Waals surface area contributed by atoms with E-state index in [1.54, 1.807) is 13.1 Å². The predicted molar refractivity (Wildman–Crippen MR) is 56.4 cm³/mol. The normalized spacial score (nSPS) is 11.6. The van der Waals surface area contributed by atoms with Gasteiger partial charge in [0.05, 0.1) is 6.04 Å². The fourth-order valence-electron chi connectivity index (χ4n) is 0.632. The Bertz CT molecular complexity index is 287. The number of aryl methyl sites for hydroxylation is 1. The molecular formula is C7H12ClN3OS. The summed E-state index contributed by atoms with van der Waals surface area (Å²) in [5.74, 6) is -0.204. The van der Waals surface area contributed by atoms with Crippen molar-refractivity contribution < 1.29 is 4.79 Å². The number of aromatic nitrogens is 1. The number of carbonyl (C=O) groups excluding carboxylic acids is 1. The van der Waals surface area contributed by atoms with Crippen molar-refractivity contribution in [3.63, 3.8) is 0 Å². The summed E-state index contributed by atoms with van der Waals surface area (Å²) < 4.78 is 0. The minimum atomic E-state index is -0.491. The fourth-order valence-corrected chi connectivity index (χ4v) is 1.30. The van der Waals surface area contributed by atoms with E-state index in [0.29, 0.717) is 5.13 Å². The van der Waals surface area contributed by atoms with Crippen molar-refractivity contribution in [3.8, 4) is 0 Å². The number of nitrogens with zero attached hydrogens (tertiary/aromatic N) is 1. The molecule has 0 aliphatic heterocycles. The van der Waals surface area contributed by atoms with Gasteiger partial charge in [-0.1, -0.05) is 0 Å². The highest BCUT2D eigenvalue weighted by Crippen LogP contribution is 2.16. The quantitative estimate of drug-likeness (QED) is 0.788. The van der Waals surface area contributed by atoms with Crippen molar-refractivity contribution in [2.45, 2.75) is 19.9 Å². The van der Waals surface area contributed by atoms with Crippen molar-refractivity contribution in [2.75, 3.05) is 5.32 Å². The summed E-state index contributed by atoms with van der Waals surface area (Å²) in [4.78, 5) is 16.1. The SMILES string of the molecule is Cc1cnc(NC(=O)[C@@H](C)N)s1.Cl. The molecule has 1 aromatic rings. The zero-order valence-corrected chi connectivity index (χ0v) is 9.04. The molecule has 4 nitrogen and oxygen atoms in total. The van der Waals surface area contributed by atoms with Crippen molar-refractivity contribution in [1.29, 1.82) is 0 Å². The van der Waals surface area contributed by atoms with Gasteiger partial charge in [-0.3, -0.25) is 4.79 Å². The van der Waals surface area contributed by atoms with Crippen LogP contribution in [0, 0.1) is 6.92 Å². The lowest BCUT2D eigenvalue weighted by Gasteiger charge is -2.02. The molecule has 1 aromatic heterocycles. The van der Waals surface area contributed by atoms with Crippen LogP contribution < -0.4 is 11.1 Å². The summed E-state index contributed by atoms with van der Waals surface area (Å²) in [7, 11) is 0. The minimum Gasteiger partial charge on any atom is -0.320 e. The molecule has 1 heterocycles. The van der Waals surface area contributed by atoms with E-state index in [2.05, 4.69) is 10.3 Å². The molecule has 1 atom stereocenters. The van der Waals surface area contributed by atoms with Crippen LogP contribution in [0.5, 0.6) is 0 Å². The third kappa shape index (κ3) is 3.71. The van der Waals surface area contributed by atoms with Crippen molar-refractivity contribution >= 4 is 34.8 Å². The standard InChI is InChI=1S/C7H11N3OS.ClH/c1-4-3-9-7(12-4)10-6(11)5(2)8;/h3,5H,8H2,1-2H3,(H,9,10,11);1H/t5-;/m1./s1. The number of rotatable bonds is 2. The van der Waals surface area contributed by atoms with Gasteiger partial charge in [-0.25, -0.2) is 4.98 Å². The molecule has 0 unspecified atom stereocenters. The molecule has 3 N–H and O–H groups in total. The Morgan fingerprint density at radius 3 is 2.77 bits per heavy atom. The number of halogens is 1. The summed E-state index contributed by atoms with van der Waals surface area (Å²) in [6.45, 7) is 3.56. The second-order valence-corrected chi connectivity index (χ2v) is 3.79. The first-order valence-corrected chi connectivity index (χ1v) is 4.40. The number of amides is 1. The summed E-state index contributed by atoms with van der Waals surface area (Å²) in [6, 6.07) is -0.491. The van der Waals surface area contributed by atoms with Gasteiger partial charge in [0.2, 0.25) is 5.91 Å². The van der Waals surface area contributed by atoms with Gasteiger partial charge in [0, 0.05) is 11.1 Å². The van der Waals surface area contributed by atoms with Crippen LogP contribution in [0.1, 0.15) is 11.8 Å². The van der Waals surface area contributed by atoms with Gasteiger partial charge in [-0.05, 0) is 13.8 Å². The molecule has 0 aromatic carbocycles. The molecule has 0 aliphatic rings. The van der Waals surface area contributed by atoms with E-state index in [9.17, 15) is 4.79 Å². The van der Waals surface area contributed by atoms with Gasteiger partial charge >= 0.3 is 0 Å². The summed E-state index contributed by atoms with van der Waals surface area (Å²) >= 11 is 1.43. The van der Waals surface area contributed by atoms with Crippen LogP contribution in [-0.2, 0) is 4.79 Å². The summed E-state index contributed by atoms with van der Waals surface area (Å²) in [5.41, 5.74) is 5.36. The lowest BCUT2D eigenvalue weighted by atomic mass is 10.3. The third-order valence-corrected chi connectivity index (χ3v) is 2.09. The second-order valence-electron chi connectivity index (χ2n) is 2.55. The van der Waals surface area contributed by atoms with Crippen LogP contribution in [0.15, 0.2) is 6.20 Å². The molecule has 0 saturated heterocycles. The molecule has 0 saturated carbocycles. The van der Waals surface area contributed by atoms with Crippen molar-refractivity contribution in [3.05, 3.63) is 11.1 Å². The number of hydrogen-bond acceptors (Lipinski definition) is 4. The van der Waals surface area contributed by atoms with E-state index in [1.165, 1.54) is 11.3 Å². The van der Waals surface area contributed by atoms with Gasteiger partial charge in [-0.2, -0.15) is 0 Å². The zero-order chi connectivity index (χ0) is 9.14. The molecule has 0 spiro atoms. The predicted octanol–water partition coefficient (Wildman–Crippen LogP) is 1.16. The number of thiazole rings is 1. The smallest absolute Gasteiger partial charge is 0.242 e. The average molecular weight is 222 g/mol. The molecule has 74 valence electrons. The molecule has 1 amide bonds. The maximum atomic E-state index is 11.1. The van der Waals surface area contributed by atoms with Crippen molar-refractivity contribution in [2.24, 2.45) is 5.73 Å². The Morgan fingerprint density at radius 2 is 2.38 bits per heavy atom. The van der Waals surface area contributed by atoms with E-state index >= 15 is 0 Å². The highest BCUT2D eigenvalue weighted by molar-refractivity contribution is 7.15. The van der Waals surface area contributed by atoms with E-state index in [4.69, 9.17) is 5.73 Å². The second kappa shape index (κ2) is 5.16. The molecule has 0 aliphatic carbocycles. The summed E-state index contributed by atoms with van der Waals surface area (Å²) in [6.07, 6.45) is 1.71. The van der Waals surface area contributed by atoms with E-state index in [1.807, 2.05) is 6.92 Å². The first-order chi connectivity index (χ1) is 5.59. The van der Waals surface area contributed by atoms with Gasteiger partial charge in [0.25, 0.3) is 0 Å². The number of carbonyl (C=O) groups is 1. The van der Waals surface area contributed by atoms with Crippen LogP contribution in [0.2, 0.25) is 0 Å². The Hall–Kier alpha value is -0.650. The Kier molecular flexibility index (Phi) is 4.90. The molecule has 1 rings (SSSR count). The number of nitrogens with two attached hydrogens (primary N) is 1. The maximum Gasteiger partial charge on any atom is 0.242 e. The third-order valence-electron chi connectivity index (χ3n) is 1.26. The monoisotopic (exact) mass is 221 g/mol. The molecule has 0 fully saturated rings. The van der Waals surface area contributed by atoms with Crippen LogP contribution in [0.4, 0.5) is 5.13 Å². The van der Waals surface area contributed by atoms with Gasteiger partial charge in [0.15, 0.2) is 5.13 Å². The molecular weight excluding hydrogens is 210 g/mol. The van der Waals surface area contributed by atoms with Crippen LogP contribution in [0.25, 0.3) is 0 Å². The first-order valence-electron chi connectivity index (χ1n) is 3.58. The van der Waals surface area contributed by atoms with Gasteiger partial charge in [0.1, 0.15) is 0 Å². The molecule has 13 heavy (non-hydrogen) atoms.